The van der Waals surface area contributed by atoms with Crippen molar-refractivity contribution in [3.05, 3.63) is 12.5 Å². The van der Waals surface area contributed by atoms with Crippen molar-refractivity contribution in [2.24, 2.45) is 12.5 Å². The van der Waals surface area contributed by atoms with Gasteiger partial charge < -0.3 is 10.2 Å². The Balaban J connectivity index is 1.66. The van der Waals surface area contributed by atoms with Crippen molar-refractivity contribution in [1.29, 1.82) is 0 Å². The average Bonchev–Trinajstić information content (AvgIpc) is 2.89. The molecule has 124 valence electrons. The molecule has 0 saturated carbocycles. The summed E-state index contributed by atoms with van der Waals surface area (Å²) in [7, 11) is 1.87. The van der Waals surface area contributed by atoms with Gasteiger partial charge in [-0.15, -0.1) is 0 Å². The van der Waals surface area contributed by atoms with Crippen LogP contribution in [-0.2, 0) is 11.8 Å². The van der Waals surface area contributed by atoms with Gasteiger partial charge in [0.1, 0.15) is 12.1 Å². The van der Waals surface area contributed by atoms with Crippen molar-refractivity contribution in [1.82, 2.24) is 24.6 Å². The van der Waals surface area contributed by atoms with Gasteiger partial charge in [0.15, 0.2) is 5.65 Å². The number of carbonyl (C=O) groups excluding carboxylic acids is 1. The van der Waals surface area contributed by atoms with E-state index in [9.17, 15) is 4.79 Å². The molecular weight excluding hydrogens is 292 g/mol. The molecule has 1 aliphatic rings. The molecule has 0 spiro atoms. The maximum Gasteiger partial charge on any atom is 0.227 e. The van der Waals surface area contributed by atoms with Crippen LogP contribution in [0.15, 0.2) is 12.5 Å². The van der Waals surface area contributed by atoms with Crippen LogP contribution in [0.1, 0.15) is 33.6 Å². The summed E-state index contributed by atoms with van der Waals surface area (Å²) in [6.07, 6.45) is 5.20. The number of amides is 1. The molecular formula is C16H24N6O. The SMILES string of the molecule is Cn1ncc2c(NC3CCN(C(=O)C(C)(C)C)CC3)ncnc21. The number of aryl methyl sites for hydroxylation is 1. The Morgan fingerprint density at radius 3 is 2.61 bits per heavy atom. The van der Waals surface area contributed by atoms with Crippen molar-refractivity contribution >= 4 is 22.8 Å². The summed E-state index contributed by atoms with van der Waals surface area (Å²) in [5.74, 6) is 1.05. The second-order valence-corrected chi connectivity index (χ2v) is 7.19. The summed E-state index contributed by atoms with van der Waals surface area (Å²) in [6.45, 7) is 7.49. The molecule has 23 heavy (non-hydrogen) atoms. The minimum Gasteiger partial charge on any atom is -0.366 e. The van der Waals surface area contributed by atoms with E-state index in [1.54, 1.807) is 17.2 Å². The highest BCUT2D eigenvalue weighted by atomic mass is 16.2. The van der Waals surface area contributed by atoms with E-state index in [0.717, 1.165) is 42.8 Å². The van der Waals surface area contributed by atoms with Crippen LogP contribution in [0.5, 0.6) is 0 Å². The second kappa shape index (κ2) is 5.79. The Hall–Kier alpha value is -2.18. The number of piperidine rings is 1. The van der Waals surface area contributed by atoms with Gasteiger partial charge in [-0.05, 0) is 12.8 Å². The fourth-order valence-corrected chi connectivity index (χ4v) is 2.97. The number of aromatic nitrogens is 4. The third-order valence-corrected chi connectivity index (χ3v) is 4.29. The lowest BCUT2D eigenvalue weighted by Crippen LogP contribution is -2.46. The molecule has 7 nitrogen and oxygen atoms in total. The monoisotopic (exact) mass is 316 g/mol. The van der Waals surface area contributed by atoms with Gasteiger partial charge in [-0.2, -0.15) is 5.10 Å². The third-order valence-electron chi connectivity index (χ3n) is 4.29. The Bertz CT molecular complexity index is 709. The molecule has 2 aromatic rings. The van der Waals surface area contributed by atoms with Crippen LogP contribution >= 0.6 is 0 Å². The summed E-state index contributed by atoms with van der Waals surface area (Å²) in [5, 5.41) is 8.66. The second-order valence-electron chi connectivity index (χ2n) is 7.19. The number of carbonyl (C=O) groups is 1. The van der Waals surface area contributed by atoms with E-state index < -0.39 is 0 Å². The van der Waals surface area contributed by atoms with Gasteiger partial charge in [-0.3, -0.25) is 9.48 Å². The lowest BCUT2D eigenvalue weighted by molar-refractivity contribution is -0.140. The first-order valence-corrected chi connectivity index (χ1v) is 8.05. The van der Waals surface area contributed by atoms with Crippen LogP contribution in [0, 0.1) is 5.41 Å². The average molecular weight is 316 g/mol. The summed E-state index contributed by atoms with van der Waals surface area (Å²) in [5.41, 5.74) is 0.511. The minimum atomic E-state index is -0.311. The first-order valence-electron chi connectivity index (χ1n) is 8.05. The summed E-state index contributed by atoms with van der Waals surface area (Å²) >= 11 is 0. The van der Waals surface area contributed by atoms with Gasteiger partial charge in [-0.1, -0.05) is 20.8 Å². The zero-order chi connectivity index (χ0) is 16.6. The Morgan fingerprint density at radius 2 is 1.96 bits per heavy atom. The highest BCUT2D eigenvalue weighted by Gasteiger charge is 2.30. The quantitative estimate of drug-likeness (QED) is 0.914. The van der Waals surface area contributed by atoms with Crippen molar-refractivity contribution < 1.29 is 4.79 Å². The Labute approximate surface area is 136 Å². The molecule has 2 aromatic heterocycles. The Kier molecular flexibility index (Phi) is 3.95. The van der Waals surface area contributed by atoms with E-state index in [0.29, 0.717) is 6.04 Å². The van der Waals surface area contributed by atoms with Crippen molar-refractivity contribution in [3.8, 4) is 0 Å². The number of hydrogen-bond acceptors (Lipinski definition) is 5. The number of hydrogen-bond donors (Lipinski definition) is 1. The van der Waals surface area contributed by atoms with E-state index in [-0.39, 0.29) is 11.3 Å². The zero-order valence-electron chi connectivity index (χ0n) is 14.2. The number of nitrogens with zero attached hydrogens (tertiary/aromatic N) is 5. The van der Waals surface area contributed by atoms with E-state index in [4.69, 9.17) is 0 Å². The number of nitrogens with one attached hydrogen (secondary N) is 1. The highest BCUT2D eigenvalue weighted by molar-refractivity contribution is 5.86. The molecule has 1 N–H and O–H groups in total. The molecule has 7 heteroatoms. The molecule has 1 saturated heterocycles. The van der Waals surface area contributed by atoms with Crippen LogP contribution in [0.25, 0.3) is 11.0 Å². The predicted octanol–water partition coefficient (Wildman–Crippen LogP) is 1.81. The minimum absolute atomic E-state index is 0.229. The molecule has 0 unspecified atom stereocenters. The van der Waals surface area contributed by atoms with Crippen molar-refractivity contribution in [2.45, 2.75) is 39.7 Å². The first kappa shape index (κ1) is 15.7. The zero-order valence-corrected chi connectivity index (χ0v) is 14.2. The smallest absolute Gasteiger partial charge is 0.227 e. The number of anilines is 1. The molecule has 3 rings (SSSR count). The molecule has 0 radical (unpaired) electrons. The lowest BCUT2D eigenvalue weighted by Gasteiger charge is -2.36. The number of rotatable bonds is 2. The maximum absolute atomic E-state index is 12.3. The normalized spacial score (nSPS) is 16.8. The molecule has 1 amide bonds. The lowest BCUT2D eigenvalue weighted by atomic mass is 9.93. The summed E-state index contributed by atoms with van der Waals surface area (Å²) < 4.78 is 1.74. The van der Waals surface area contributed by atoms with Crippen LogP contribution in [0.3, 0.4) is 0 Å². The topological polar surface area (TPSA) is 75.9 Å². The highest BCUT2D eigenvalue weighted by Crippen LogP contribution is 2.24. The standard InChI is InChI=1S/C16H24N6O/c1-16(2,3)15(23)22-7-5-11(6-8-22)20-13-12-9-19-21(4)14(12)18-10-17-13/h9-11H,5-8H2,1-4H3,(H,17,18,20). The van der Waals surface area contributed by atoms with Crippen LogP contribution in [0.2, 0.25) is 0 Å². The van der Waals surface area contributed by atoms with Gasteiger partial charge in [-0.25, -0.2) is 9.97 Å². The van der Waals surface area contributed by atoms with Crippen LogP contribution in [-0.4, -0.2) is 49.7 Å². The van der Waals surface area contributed by atoms with Gasteiger partial charge in [0.25, 0.3) is 0 Å². The van der Waals surface area contributed by atoms with Crippen LogP contribution < -0.4 is 5.32 Å². The fourth-order valence-electron chi connectivity index (χ4n) is 2.97. The molecule has 1 fully saturated rings. The Morgan fingerprint density at radius 1 is 1.26 bits per heavy atom. The summed E-state index contributed by atoms with van der Waals surface area (Å²) in [4.78, 5) is 22.9. The molecule has 0 aliphatic carbocycles. The summed E-state index contributed by atoms with van der Waals surface area (Å²) in [6, 6.07) is 0.317. The van der Waals surface area contributed by atoms with Crippen molar-refractivity contribution in [3.63, 3.8) is 0 Å². The van der Waals surface area contributed by atoms with E-state index in [1.807, 2.05) is 32.7 Å². The van der Waals surface area contributed by atoms with Gasteiger partial charge in [0.05, 0.1) is 11.6 Å². The van der Waals surface area contributed by atoms with Gasteiger partial charge >= 0.3 is 0 Å². The fraction of sp³-hybridized carbons (Fsp3) is 0.625. The predicted molar refractivity (Wildman–Crippen MR) is 89.0 cm³/mol. The molecule has 0 aromatic carbocycles. The van der Waals surface area contributed by atoms with Crippen molar-refractivity contribution in [2.75, 3.05) is 18.4 Å². The van der Waals surface area contributed by atoms with E-state index in [2.05, 4.69) is 20.4 Å². The molecule has 1 aliphatic heterocycles. The van der Waals surface area contributed by atoms with Gasteiger partial charge in [0.2, 0.25) is 5.91 Å². The van der Waals surface area contributed by atoms with Gasteiger partial charge in [0, 0.05) is 31.6 Å². The number of likely N-dealkylation sites (tertiary alicyclic amines) is 1. The molecule has 3 heterocycles. The molecule has 0 bridgehead atoms. The van der Waals surface area contributed by atoms with E-state index >= 15 is 0 Å². The largest absolute Gasteiger partial charge is 0.366 e. The maximum atomic E-state index is 12.3. The van der Waals surface area contributed by atoms with E-state index in [1.165, 1.54) is 0 Å². The first-order chi connectivity index (χ1) is 10.9. The molecule has 0 atom stereocenters. The third kappa shape index (κ3) is 3.13. The number of fused-ring (bicyclic) bond motifs is 1. The van der Waals surface area contributed by atoms with Crippen LogP contribution in [0.4, 0.5) is 5.82 Å².